The van der Waals surface area contributed by atoms with Crippen LogP contribution in [0.15, 0.2) is 9.59 Å². The molecule has 0 aliphatic heterocycles. The molecular formula is C9H16N4O2. The normalized spacial score (nSPS) is 10.7. The van der Waals surface area contributed by atoms with Gasteiger partial charge in [0, 0.05) is 19.6 Å². The SMILES string of the molecule is CCNc1nc(=O)n(C(C)C)c(=O)n1C. The molecule has 0 saturated heterocycles. The molecular weight excluding hydrogens is 196 g/mol. The smallest absolute Gasteiger partial charge is 0.355 e. The van der Waals surface area contributed by atoms with E-state index in [4.69, 9.17) is 0 Å². The van der Waals surface area contributed by atoms with Crippen molar-refractivity contribution >= 4 is 5.95 Å². The Labute approximate surface area is 87.6 Å². The average Bonchev–Trinajstić information content (AvgIpc) is 2.13. The third-order valence-corrected chi connectivity index (χ3v) is 2.07. The highest BCUT2D eigenvalue weighted by atomic mass is 16.2. The van der Waals surface area contributed by atoms with Crippen LogP contribution in [0.3, 0.4) is 0 Å². The number of rotatable bonds is 3. The molecule has 0 bridgehead atoms. The van der Waals surface area contributed by atoms with Gasteiger partial charge in [0.15, 0.2) is 0 Å². The van der Waals surface area contributed by atoms with Crippen molar-refractivity contribution in [2.75, 3.05) is 11.9 Å². The molecule has 0 fully saturated rings. The summed E-state index contributed by atoms with van der Waals surface area (Å²) in [5.41, 5.74) is -0.856. The molecule has 1 aromatic rings. The second kappa shape index (κ2) is 4.29. The minimum Gasteiger partial charge on any atom is -0.356 e. The van der Waals surface area contributed by atoms with Gasteiger partial charge in [0.05, 0.1) is 0 Å². The lowest BCUT2D eigenvalue weighted by molar-refractivity contribution is 0.505. The molecule has 0 aliphatic rings. The fourth-order valence-corrected chi connectivity index (χ4v) is 1.31. The van der Waals surface area contributed by atoms with Crippen molar-refractivity contribution in [1.82, 2.24) is 14.1 Å². The largest absolute Gasteiger partial charge is 0.356 e. The van der Waals surface area contributed by atoms with E-state index in [0.717, 1.165) is 4.57 Å². The predicted octanol–water partition coefficient (Wildman–Crippen LogP) is -0.0453. The zero-order valence-electron chi connectivity index (χ0n) is 9.44. The van der Waals surface area contributed by atoms with Crippen LogP contribution in [0, 0.1) is 0 Å². The number of anilines is 1. The van der Waals surface area contributed by atoms with E-state index >= 15 is 0 Å². The summed E-state index contributed by atoms with van der Waals surface area (Å²) in [7, 11) is 1.59. The summed E-state index contributed by atoms with van der Waals surface area (Å²) in [6, 6.07) is -0.181. The van der Waals surface area contributed by atoms with Crippen molar-refractivity contribution in [2.24, 2.45) is 7.05 Å². The van der Waals surface area contributed by atoms with Crippen molar-refractivity contribution in [1.29, 1.82) is 0 Å². The first-order chi connectivity index (χ1) is 6.99. The van der Waals surface area contributed by atoms with Gasteiger partial charge in [-0.25, -0.2) is 14.2 Å². The fourth-order valence-electron chi connectivity index (χ4n) is 1.31. The van der Waals surface area contributed by atoms with Crippen LogP contribution in [0.25, 0.3) is 0 Å². The van der Waals surface area contributed by atoms with Crippen LogP contribution in [-0.4, -0.2) is 20.7 Å². The van der Waals surface area contributed by atoms with E-state index in [9.17, 15) is 9.59 Å². The summed E-state index contributed by atoms with van der Waals surface area (Å²) in [5, 5.41) is 2.86. The van der Waals surface area contributed by atoms with Gasteiger partial charge in [-0.3, -0.25) is 4.57 Å². The van der Waals surface area contributed by atoms with Crippen molar-refractivity contribution < 1.29 is 0 Å². The third-order valence-electron chi connectivity index (χ3n) is 2.07. The summed E-state index contributed by atoms with van der Waals surface area (Å²) in [5.74, 6) is 0.310. The fraction of sp³-hybridized carbons (Fsp3) is 0.667. The van der Waals surface area contributed by atoms with Gasteiger partial charge in [-0.2, -0.15) is 4.98 Å². The van der Waals surface area contributed by atoms with E-state index in [1.165, 1.54) is 4.57 Å². The Morgan fingerprint density at radius 2 is 2.00 bits per heavy atom. The van der Waals surface area contributed by atoms with Gasteiger partial charge in [-0.15, -0.1) is 0 Å². The van der Waals surface area contributed by atoms with Crippen molar-refractivity contribution in [3.63, 3.8) is 0 Å². The molecule has 0 aromatic carbocycles. The Bertz CT molecular complexity index is 458. The highest BCUT2D eigenvalue weighted by Crippen LogP contribution is 1.97. The van der Waals surface area contributed by atoms with Crippen LogP contribution < -0.4 is 16.7 Å². The van der Waals surface area contributed by atoms with Gasteiger partial charge in [0.1, 0.15) is 0 Å². The minimum absolute atomic E-state index is 0.181. The lowest BCUT2D eigenvalue weighted by Crippen LogP contribution is -2.42. The molecule has 1 rings (SSSR count). The molecule has 0 aliphatic carbocycles. The maximum Gasteiger partial charge on any atom is 0.355 e. The number of nitrogens with one attached hydrogen (secondary N) is 1. The van der Waals surface area contributed by atoms with E-state index in [1.54, 1.807) is 20.9 Å². The molecule has 0 atom stereocenters. The van der Waals surface area contributed by atoms with E-state index in [2.05, 4.69) is 10.3 Å². The molecule has 84 valence electrons. The first kappa shape index (κ1) is 11.5. The molecule has 0 saturated carbocycles. The standard InChI is InChI=1S/C9H16N4O2/c1-5-10-7-11-8(14)13(6(2)3)9(15)12(7)4/h6H,5H2,1-4H3,(H,10,11,14). The van der Waals surface area contributed by atoms with Gasteiger partial charge in [0.2, 0.25) is 5.95 Å². The Morgan fingerprint density at radius 3 is 2.47 bits per heavy atom. The second-order valence-corrected chi connectivity index (χ2v) is 3.55. The van der Waals surface area contributed by atoms with Crippen LogP contribution in [0.2, 0.25) is 0 Å². The zero-order valence-corrected chi connectivity index (χ0v) is 9.44. The van der Waals surface area contributed by atoms with Gasteiger partial charge >= 0.3 is 11.4 Å². The lowest BCUT2D eigenvalue weighted by atomic mass is 10.4. The third kappa shape index (κ3) is 2.08. The summed E-state index contributed by atoms with van der Waals surface area (Å²) < 4.78 is 2.46. The van der Waals surface area contributed by atoms with Crippen molar-refractivity contribution in [2.45, 2.75) is 26.8 Å². The van der Waals surface area contributed by atoms with Crippen LogP contribution in [-0.2, 0) is 7.05 Å². The van der Waals surface area contributed by atoms with Gasteiger partial charge in [0.25, 0.3) is 0 Å². The highest BCUT2D eigenvalue weighted by molar-refractivity contribution is 5.22. The predicted molar refractivity (Wildman–Crippen MR) is 58.3 cm³/mol. The Hall–Kier alpha value is -1.59. The molecule has 6 nitrogen and oxygen atoms in total. The highest BCUT2D eigenvalue weighted by Gasteiger charge is 2.11. The first-order valence-electron chi connectivity index (χ1n) is 4.92. The number of aromatic nitrogens is 3. The maximum atomic E-state index is 11.8. The molecule has 0 spiro atoms. The van der Waals surface area contributed by atoms with E-state index in [1.807, 2.05) is 6.92 Å². The summed E-state index contributed by atoms with van der Waals surface area (Å²) >= 11 is 0. The van der Waals surface area contributed by atoms with Crippen LogP contribution in [0.5, 0.6) is 0 Å². The van der Waals surface area contributed by atoms with Gasteiger partial charge in [-0.05, 0) is 20.8 Å². The molecule has 15 heavy (non-hydrogen) atoms. The quantitative estimate of drug-likeness (QED) is 0.763. The van der Waals surface area contributed by atoms with Crippen molar-refractivity contribution in [3.05, 3.63) is 21.0 Å². The molecule has 1 aromatic heterocycles. The first-order valence-corrected chi connectivity index (χ1v) is 4.92. The van der Waals surface area contributed by atoms with E-state index in [0.29, 0.717) is 12.5 Å². The van der Waals surface area contributed by atoms with Crippen molar-refractivity contribution in [3.8, 4) is 0 Å². The molecule has 1 heterocycles. The average molecular weight is 212 g/mol. The van der Waals surface area contributed by atoms with Crippen LogP contribution >= 0.6 is 0 Å². The second-order valence-electron chi connectivity index (χ2n) is 3.55. The summed E-state index contributed by atoms with van der Waals surface area (Å²) in [6.07, 6.45) is 0. The number of hydrogen-bond donors (Lipinski definition) is 1. The maximum absolute atomic E-state index is 11.8. The molecule has 6 heteroatoms. The minimum atomic E-state index is -0.510. The molecule has 0 radical (unpaired) electrons. The number of hydrogen-bond acceptors (Lipinski definition) is 4. The lowest BCUT2D eigenvalue weighted by Gasteiger charge is -2.12. The van der Waals surface area contributed by atoms with E-state index < -0.39 is 5.69 Å². The molecule has 1 N–H and O–H groups in total. The number of nitrogens with zero attached hydrogens (tertiary/aromatic N) is 3. The Balaban J connectivity index is 3.45. The molecule has 0 unspecified atom stereocenters. The van der Waals surface area contributed by atoms with Crippen LogP contribution in [0.4, 0.5) is 5.95 Å². The summed E-state index contributed by atoms with van der Waals surface area (Å²) in [4.78, 5) is 27.1. The Morgan fingerprint density at radius 1 is 1.40 bits per heavy atom. The van der Waals surface area contributed by atoms with Crippen LogP contribution in [0.1, 0.15) is 26.8 Å². The topological polar surface area (TPSA) is 68.9 Å². The Kier molecular flexibility index (Phi) is 3.28. The van der Waals surface area contributed by atoms with E-state index in [-0.39, 0.29) is 11.7 Å². The van der Waals surface area contributed by atoms with Gasteiger partial charge in [-0.1, -0.05) is 0 Å². The van der Waals surface area contributed by atoms with Gasteiger partial charge < -0.3 is 5.32 Å². The summed E-state index contributed by atoms with van der Waals surface area (Å²) in [6.45, 7) is 6.04. The molecule has 0 amide bonds. The monoisotopic (exact) mass is 212 g/mol. The zero-order chi connectivity index (χ0) is 11.6.